The molecule has 0 bridgehead atoms. The first-order valence-corrected chi connectivity index (χ1v) is 6.64. The fourth-order valence-electron chi connectivity index (χ4n) is 1.87. The van der Waals surface area contributed by atoms with Crippen molar-refractivity contribution >= 4 is 17.5 Å². The van der Waals surface area contributed by atoms with E-state index in [0.29, 0.717) is 5.02 Å². The molecule has 2 rings (SSSR count). The van der Waals surface area contributed by atoms with Crippen molar-refractivity contribution in [1.29, 1.82) is 0 Å². The van der Waals surface area contributed by atoms with E-state index in [2.05, 4.69) is 5.32 Å². The predicted molar refractivity (Wildman–Crippen MR) is 78.7 cm³/mol. The Labute approximate surface area is 122 Å². The topological polar surface area (TPSA) is 51.1 Å². The molecule has 0 saturated heterocycles. The predicted octanol–water partition coefficient (Wildman–Crippen LogP) is 2.38. The summed E-state index contributed by atoms with van der Waals surface area (Å²) < 4.78 is 1.36. The molecule has 1 heterocycles. The van der Waals surface area contributed by atoms with E-state index in [-0.39, 0.29) is 24.1 Å². The highest BCUT2D eigenvalue weighted by molar-refractivity contribution is 6.30. The number of hydrogen-bond donors (Lipinski definition) is 1. The molecule has 1 aromatic heterocycles. The molecular formula is C15H15ClN2O2. The Morgan fingerprint density at radius 1 is 1.25 bits per heavy atom. The van der Waals surface area contributed by atoms with Crippen molar-refractivity contribution in [1.82, 2.24) is 9.88 Å². The number of pyridine rings is 1. The van der Waals surface area contributed by atoms with Gasteiger partial charge in [-0.15, -0.1) is 0 Å². The summed E-state index contributed by atoms with van der Waals surface area (Å²) in [7, 11) is 0. The minimum absolute atomic E-state index is 0.0115. The van der Waals surface area contributed by atoms with Crippen molar-refractivity contribution in [3.63, 3.8) is 0 Å². The highest BCUT2D eigenvalue weighted by atomic mass is 35.5. The van der Waals surface area contributed by atoms with Crippen LogP contribution in [-0.4, -0.2) is 10.5 Å². The Morgan fingerprint density at radius 2 is 1.95 bits per heavy atom. The normalized spacial score (nSPS) is 11.9. The summed E-state index contributed by atoms with van der Waals surface area (Å²) in [5.41, 5.74) is 0.768. The second-order valence-corrected chi connectivity index (χ2v) is 4.94. The summed E-state index contributed by atoms with van der Waals surface area (Å²) in [4.78, 5) is 23.4. The van der Waals surface area contributed by atoms with Crippen LogP contribution in [0.15, 0.2) is 53.5 Å². The number of hydrogen-bond acceptors (Lipinski definition) is 2. The van der Waals surface area contributed by atoms with E-state index in [9.17, 15) is 9.59 Å². The Bertz CT molecular complexity index is 649. The lowest BCUT2D eigenvalue weighted by molar-refractivity contribution is -0.122. The van der Waals surface area contributed by atoms with Crippen LogP contribution in [0, 0.1) is 0 Å². The fraction of sp³-hybridized carbons (Fsp3) is 0.200. The third-order valence-corrected chi connectivity index (χ3v) is 3.21. The third-order valence-electron chi connectivity index (χ3n) is 2.96. The molecule has 104 valence electrons. The zero-order valence-corrected chi connectivity index (χ0v) is 11.8. The van der Waals surface area contributed by atoms with Crippen molar-refractivity contribution < 1.29 is 4.79 Å². The Kier molecular flexibility index (Phi) is 4.58. The summed E-state index contributed by atoms with van der Waals surface area (Å²) >= 11 is 5.82. The van der Waals surface area contributed by atoms with E-state index in [1.54, 1.807) is 30.5 Å². The molecule has 0 aliphatic carbocycles. The van der Waals surface area contributed by atoms with Crippen molar-refractivity contribution in [2.45, 2.75) is 19.5 Å². The summed E-state index contributed by atoms with van der Waals surface area (Å²) in [6.07, 6.45) is 1.59. The van der Waals surface area contributed by atoms with Gasteiger partial charge in [-0.05, 0) is 30.7 Å². The van der Waals surface area contributed by atoms with Gasteiger partial charge in [-0.25, -0.2) is 0 Å². The monoisotopic (exact) mass is 290 g/mol. The van der Waals surface area contributed by atoms with E-state index >= 15 is 0 Å². The molecule has 0 saturated carbocycles. The minimum atomic E-state index is -0.208. The Balaban J connectivity index is 1.99. The number of carbonyl (C=O) groups is 1. The lowest BCUT2D eigenvalue weighted by Crippen LogP contribution is -2.33. The van der Waals surface area contributed by atoms with Gasteiger partial charge in [-0.3, -0.25) is 9.59 Å². The van der Waals surface area contributed by atoms with Crippen LogP contribution < -0.4 is 10.9 Å². The summed E-state index contributed by atoms with van der Waals surface area (Å²) in [5, 5.41) is 3.51. The lowest BCUT2D eigenvalue weighted by Gasteiger charge is -2.15. The first kappa shape index (κ1) is 14.3. The van der Waals surface area contributed by atoms with Crippen LogP contribution in [0.3, 0.4) is 0 Å². The second-order valence-electron chi connectivity index (χ2n) is 4.51. The maximum atomic E-state index is 11.9. The SMILES string of the molecule is CC(NC(=O)Cn1ccccc1=O)c1ccc(Cl)cc1. The molecule has 0 radical (unpaired) electrons. The second kappa shape index (κ2) is 6.39. The quantitative estimate of drug-likeness (QED) is 0.940. The molecule has 1 aromatic carbocycles. The van der Waals surface area contributed by atoms with Crippen LogP contribution in [-0.2, 0) is 11.3 Å². The van der Waals surface area contributed by atoms with Crippen LogP contribution in [0.1, 0.15) is 18.5 Å². The van der Waals surface area contributed by atoms with Crippen molar-refractivity contribution in [2.75, 3.05) is 0 Å². The number of halogens is 1. The van der Waals surface area contributed by atoms with Crippen LogP contribution in [0.2, 0.25) is 5.02 Å². The van der Waals surface area contributed by atoms with Gasteiger partial charge in [-0.1, -0.05) is 29.8 Å². The zero-order chi connectivity index (χ0) is 14.5. The number of carbonyl (C=O) groups excluding carboxylic acids is 1. The van der Waals surface area contributed by atoms with Gasteiger partial charge >= 0.3 is 0 Å². The summed E-state index contributed by atoms with van der Waals surface area (Å²) in [5.74, 6) is -0.208. The summed E-state index contributed by atoms with van der Waals surface area (Å²) in [6.45, 7) is 1.90. The number of aromatic nitrogens is 1. The highest BCUT2D eigenvalue weighted by Crippen LogP contribution is 2.15. The van der Waals surface area contributed by atoms with Crippen molar-refractivity contribution in [3.8, 4) is 0 Å². The van der Waals surface area contributed by atoms with Gasteiger partial charge in [0.15, 0.2) is 0 Å². The standard InChI is InChI=1S/C15H15ClN2O2/c1-11(12-5-7-13(16)8-6-12)17-14(19)10-18-9-3-2-4-15(18)20/h2-9,11H,10H2,1H3,(H,17,19). The van der Waals surface area contributed by atoms with Crippen LogP contribution in [0.4, 0.5) is 0 Å². The molecule has 1 amide bonds. The van der Waals surface area contributed by atoms with E-state index in [4.69, 9.17) is 11.6 Å². The zero-order valence-electron chi connectivity index (χ0n) is 11.0. The maximum Gasteiger partial charge on any atom is 0.250 e. The molecule has 1 unspecified atom stereocenters. The molecule has 20 heavy (non-hydrogen) atoms. The molecule has 1 N–H and O–H groups in total. The van der Waals surface area contributed by atoms with Gasteiger partial charge in [0.25, 0.3) is 5.56 Å². The molecule has 0 aliphatic heterocycles. The van der Waals surface area contributed by atoms with Gasteiger partial charge in [0.2, 0.25) is 5.91 Å². The largest absolute Gasteiger partial charge is 0.348 e. The lowest BCUT2D eigenvalue weighted by atomic mass is 10.1. The number of benzene rings is 1. The molecule has 5 heteroatoms. The van der Waals surface area contributed by atoms with Gasteiger partial charge in [-0.2, -0.15) is 0 Å². The first-order chi connectivity index (χ1) is 9.56. The first-order valence-electron chi connectivity index (χ1n) is 6.26. The molecule has 1 atom stereocenters. The molecule has 4 nitrogen and oxygen atoms in total. The van der Waals surface area contributed by atoms with Gasteiger partial charge in [0.1, 0.15) is 6.54 Å². The summed E-state index contributed by atoms with van der Waals surface area (Å²) in [6, 6.07) is 11.9. The van der Waals surface area contributed by atoms with Crippen molar-refractivity contribution in [2.24, 2.45) is 0 Å². The molecule has 0 fully saturated rings. The molecule has 0 aliphatic rings. The van der Waals surface area contributed by atoms with Crippen LogP contribution in [0.5, 0.6) is 0 Å². The number of nitrogens with one attached hydrogen (secondary N) is 1. The Hall–Kier alpha value is -2.07. The number of rotatable bonds is 4. The van der Waals surface area contributed by atoms with Gasteiger partial charge in [0, 0.05) is 17.3 Å². The fourth-order valence-corrected chi connectivity index (χ4v) is 1.99. The van der Waals surface area contributed by atoms with E-state index in [1.807, 2.05) is 19.1 Å². The average molecular weight is 291 g/mol. The Morgan fingerprint density at radius 3 is 2.60 bits per heavy atom. The van der Waals surface area contributed by atoms with E-state index in [1.165, 1.54) is 10.6 Å². The smallest absolute Gasteiger partial charge is 0.250 e. The third kappa shape index (κ3) is 3.71. The van der Waals surface area contributed by atoms with E-state index in [0.717, 1.165) is 5.56 Å². The van der Waals surface area contributed by atoms with Gasteiger partial charge < -0.3 is 9.88 Å². The van der Waals surface area contributed by atoms with E-state index < -0.39 is 0 Å². The highest BCUT2D eigenvalue weighted by Gasteiger charge is 2.10. The van der Waals surface area contributed by atoms with Crippen molar-refractivity contribution in [3.05, 3.63) is 69.6 Å². The number of nitrogens with zero attached hydrogens (tertiary/aromatic N) is 1. The number of amides is 1. The molecule has 0 spiro atoms. The molecule has 2 aromatic rings. The van der Waals surface area contributed by atoms with Crippen LogP contribution in [0.25, 0.3) is 0 Å². The molecular weight excluding hydrogens is 276 g/mol. The van der Waals surface area contributed by atoms with Gasteiger partial charge in [0.05, 0.1) is 6.04 Å². The maximum absolute atomic E-state index is 11.9. The minimum Gasteiger partial charge on any atom is -0.348 e. The average Bonchev–Trinajstić information content (AvgIpc) is 2.42. The van der Waals surface area contributed by atoms with Crippen LogP contribution >= 0.6 is 11.6 Å².